The third kappa shape index (κ3) is 24.7. The van der Waals surface area contributed by atoms with Crippen molar-refractivity contribution < 1.29 is 78.3 Å². The van der Waals surface area contributed by atoms with Crippen LogP contribution in [0.5, 0.6) is 0 Å². The Bertz CT molecular complexity index is 2580. The van der Waals surface area contributed by atoms with Crippen molar-refractivity contribution in [3.05, 3.63) is 36.0 Å². The minimum atomic E-state index is -1.85. The maximum atomic E-state index is 14.2. The normalized spacial score (nSPS) is 15.2. The summed E-state index contributed by atoms with van der Waals surface area (Å²) in [6.45, 7) is 5.84. The standard InChI is InChI=1S/C52H85N15O16S/c1-25(2)19-35(62-42(73)30(54)24-84)47(78)66-40(26(3)4)49(80)67-41(27(5)70)50(81)61-34(15-16-39(71)72)45(76)59-32(13-8-9-17-53)44(75)64-37(22-68)48(79)60-33(14-10-18-57-52(55)56)43(74)63-36(46(77)65-38(23-69)51(82)83)20-28-21-58-31-12-7-6-11-29(28)31/h6-7,11-12,21,25-27,30,32-38,40-41,58,68-70,84H,8-10,13-20,22-24,53-54H2,1-5H3,(H,59,76)(H,60,79)(H,61,81)(H,62,73)(H,63,74)(H,64,75)(H,65,77)(H,66,78)(H,67,80)(H,71,72)(H,82,83)(H4,55,56,57)/t27-,30+,32+,33+,34+,35+,36+,37+,38+,40+,41+/m1/s1. The van der Waals surface area contributed by atoms with Gasteiger partial charge in [-0.2, -0.15) is 12.6 Å². The SMILES string of the molecule is CC(C)C[C@H](NC(=O)[C@@H](N)CS)C(=O)N[C@H](C(=O)N[C@H](C(=O)N[C@@H](CCC(=O)O)C(=O)N[C@@H](CCCCN)C(=O)N[C@@H](CO)C(=O)N[C@@H](CCCN=C(N)N)C(=O)N[C@@H](Cc1c[nH]c2ccccc12)C(=O)N[C@@H](CO)C(=O)O)[C@@H](C)O)C(C)C. The summed E-state index contributed by atoms with van der Waals surface area (Å²) in [5.74, 6) is -13.0. The van der Waals surface area contributed by atoms with Crippen LogP contribution in [-0.2, 0) is 59.2 Å². The van der Waals surface area contributed by atoms with Gasteiger partial charge in [0.2, 0.25) is 53.2 Å². The van der Waals surface area contributed by atoms with Crippen LogP contribution in [0.1, 0.15) is 91.5 Å². The van der Waals surface area contributed by atoms with Gasteiger partial charge in [0.25, 0.3) is 0 Å². The molecule has 11 atom stereocenters. The number of carboxylic acids is 2. The molecule has 0 saturated carbocycles. The fraction of sp³-hybridized carbons (Fsp3) is 0.615. The maximum absolute atomic E-state index is 14.2. The Balaban J connectivity index is 2.44. The first-order chi connectivity index (χ1) is 39.6. The molecule has 0 bridgehead atoms. The molecule has 1 aromatic carbocycles. The molecule has 0 spiro atoms. The number of guanidine groups is 1. The molecule has 32 heteroatoms. The first-order valence-corrected chi connectivity index (χ1v) is 28.0. The summed E-state index contributed by atoms with van der Waals surface area (Å²) in [7, 11) is 0. The van der Waals surface area contributed by atoms with Gasteiger partial charge in [-0.15, -0.1) is 0 Å². The highest BCUT2D eigenvalue weighted by atomic mass is 32.1. The van der Waals surface area contributed by atoms with Gasteiger partial charge in [0.1, 0.15) is 54.4 Å². The summed E-state index contributed by atoms with van der Waals surface area (Å²) in [6.07, 6.45) is -1.41. The summed E-state index contributed by atoms with van der Waals surface area (Å²) in [6, 6.07) is -8.45. The Kier molecular flexibility index (Phi) is 31.8. The monoisotopic (exact) mass is 1210 g/mol. The van der Waals surface area contributed by atoms with Gasteiger partial charge < -0.3 is 101 Å². The highest BCUT2D eigenvalue weighted by Crippen LogP contribution is 2.20. The number of para-hydroxylation sites is 1. The highest BCUT2D eigenvalue weighted by Gasteiger charge is 2.37. The molecule has 31 nitrogen and oxygen atoms in total. The molecule has 0 aliphatic rings. The van der Waals surface area contributed by atoms with Gasteiger partial charge in [0.15, 0.2) is 5.96 Å². The van der Waals surface area contributed by atoms with E-state index in [2.05, 4.69) is 70.5 Å². The zero-order chi connectivity index (χ0) is 63.4. The Morgan fingerprint density at radius 3 is 1.60 bits per heavy atom. The molecule has 0 unspecified atom stereocenters. The van der Waals surface area contributed by atoms with Crippen molar-refractivity contribution in [3.8, 4) is 0 Å². The predicted molar refractivity (Wildman–Crippen MR) is 309 cm³/mol. The van der Waals surface area contributed by atoms with Crippen molar-refractivity contribution in [2.45, 2.75) is 159 Å². The number of rotatable bonds is 39. The van der Waals surface area contributed by atoms with Gasteiger partial charge in [-0.3, -0.25) is 52.9 Å². The summed E-state index contributed by atoms with van der Waals surface area (Å²) < 4.78 is 0. The van der Waals surface area contributed by atoms with Crippen LogP contribution in [0.25, 0.3) is 10.9 Å². The lowest BCUT2D eigenvalue weighted by atomic mass is 9.99. The Morgan fingerprint density at radius 1 is 0.595 bits per heavy atom. The molecule has 0 saturated heterocycles. The van der Waals surface area contributed by atoms with E-state index in [1.54, 1.807) is 58.2 Å². The number of hydrogen-bond donors (Lipinski definition) is 20. The first kappa shape index (κ1) is 72.5. The van der Waals surface area contributed by atoms with Gasteiger partial charge in [-0.1, -0.05) is 45.9 Å². The van der Waals surface area contributed by atoms with Crippen LogP contribution in [-0.4, -0.2) is 200 Å². The molecule has 0 aliphatic heterocycles. The number of amides is 9. The predicted octanol–water partition coefficient (Wildman–Crippen LogP) is -5.47. The fourth-order valence-corrected chi connectivity index (χ4v) is 8.47. The van der Waals surface area contributed by atoms with E-state index in [0.29, 0.717) is 22.9 Å². The van der Waals surface area contributed by atoms with E-state index >= 15 is 0 Å². The number of carbonyl (C=O) groups is 11. The van der Waals surface area contributed by atoms with Crippen LogP contribution in [0, 0.1) is 11.8 Å². The number of aliphatic hydroxyl groups excluding tert-OH is 3. The Morgan fingerprint density at radius 2 is 1.07 bits per heavy atom. The lowest BCUT2D eigenvalue weighted by Gasteiger charge is -2.30. The second kappa shape index (κ2) is 36.8. The van der Waals surface area contributed by atoms with Crippen LogP contribution in [0.2, 0.25) is 0 Å². The zero-order valence-electron chi connectivity index (χ0n) is 47.7. The Labute approximate surface area is 490 Å². The molecule has 2 rings (SSSR count). The lowest BCUT2D eigenvalue weighted by molar-refractivity contribution is -0.143. The number of H-pyrrole nitrogens is 1. The number of aromatic nitrogens is 1. The molecule has 1 heterocycles. The van der Waals surface area contributed by atoms with Gasteiger partial charge in [0.05, 0.1) is 25.4 Å². The van der Waals surface area contributed by atoms with Crippen LogP contribution < -0.4 is 70.8 Å². The number of nitrogens with zero attached hydrogens (tertiary/aromatic N) is 1. The van der Waals surface area contributed by atoms with Crippen LogP contribution in [0.3, 0.4) is 0 Å². The molecular formula is C52H85N15O16S. The second-order valence-corrected chi connectivity index (χ2v) is 21.1. The number of nitrogens with two attached hydrogens (primary N) is 4. The van der Waals surface area contributed by atoms with Crippen molar-refractivity contribution in [2.24, 2.45) is 39.8 Å². The van der Waals surface area contributed by atoms with E-state index < -0.39 is 164 Å². The zero-order valence-corrected chi connectivity index (χ0v) is 48.6. The number of aliphatic hydroxyl groups is 3. The van der Waals surface area contributed by atoms with E-state index in [1.165, 1.54) is 0 Å². The van der Waals surface area contributed by atoms with Crippen LogP contribution in [0.4, 0.5) is 0 Å². The highest BCUT2D eigenvalue weighted by molar-refractivity contribution is 7.80. The average Bonchev–Trinajstić information content (AvgIpc) is 3.92. The number of thiol groups is 1. The number of unbranched alkanes of at least 4 members (excludes halogenated alkanes) is 1. The van der Waals surface area contributed by atoms with E-state index in [9.17, 15) is 78.3 Å². The van der Waals surface area contributed by atoms with Gasteiger partial charge in [0, 0.05) is 42.2 Å². The first-order valence-electron chi connectivity index (χ1n) is 27.3. The van der Waals surface area contributed by atoms with E-state index in [1.807, 2.05) is 0 Å². The maximum Gasteiger partial charge on any atom is 0.328 e. The quantitative estimate of drug-likeness (QED) is 0.0129. The third-order valence-electron chi connectivity index (χ3n) is 13.0. The molecule has 470 valence electrons. The smallest absolute Gasteiger partial charge is 0.328 e. The summed E-state index contributed by atoms with van der Waals surface area (Å²) in [5.41, 5.74) is 23.6. The van der Waals surface area contributed by atoms with Crippen molar-refractivity contribution in [3.63, 3.8) is 0 Å². The van der Waals surface area contributed by atoms with E-state index in [0.717, 1.165) is 6.92 Å². The molecule has 2 aromatic rings. The van der Waals surface area contributed by atoms with E-state index in [-0.39, 0.29) is 69.2 Å². The molecule has 1 aromatic heterocycles. The van der Waals surface area contributed by atoms with Gasteiger partial charge >= 0.3 is 11.9 Å². The summed E-state index contributed by atoms with van der Waals surface area (Å²) >= 11 is 4.02. The molecule has 0 fully saturated rings. The number of nitrogens with one attached hydrogen (secondary N) is 10. The molecule has 0 radical (unpaired) electrons. The molecule has 23 N–H and O–H groups in total. The van der Waals surface area contributed by atoms with Crippen molar-refractivity contribution in [1.82, 2.24) is 52.8 Å². The summed E-state index contributed by atoms with van der Waals surface area (Å²) in [4.78, 5) is 154. The average molecular weight is 1210 g/mol. The largest absolute Gasteiger partial charge is 0.481 e. The number of aromatic amines is 1. The van der Waals surface area contributed by atoms with Crippen LogP contribution >= 0.6 is 12.6 Å². The minimum absolute atomic E-state index is 0.0222. The number of aliphatic imine (C=N–C) groups is 1. The van der Waals surface area contributed by atoms with Crippen molar-refractivity contribution in [1.29, 1.82) is 0 Å². The van der Waals surface area contributed by atoms with Crippen LogP contribution in [0.15, 0.2) is 35.5 Å². The minimum Gasteiger partial charge on any atom is -0.481 e. The molecule has 84 heavy (non-hydrogen) atoms. The molecule has 9 amide bonds. The number of carboxylic acid groups (broad SMARTS) is 2. The van der Waals surface area contributed by atoms with Crippen molar-refractivity contribution >= 4 is 94.6 Å². The molecular weight excluding hydrogens is 1120 g/mol. The second-order valence-electron chi connectivity index (χ2n) is 20.7. The third-order valence-corrected chi connectivity index (χ3v) is 13.4. The molecule has 0 aliphatic carbocycles. The number of benzene rings is 1. The summed E-state index contributed by atoms with van der Waals surface area (Å²) in [5, 5.41) is 72.5. The number of aliphatic carboxylic acids is 2. The Hall–Kier alpha value is -7.65. The van der Waals surface area contributed by atoms with E-state index in [4.69, 9.17) is 22.9 Å². The number of carbonyl (C=O) groups excluding carboxylic acids is 9. The lowest BCUT2D eigenvalue weighted by Crippen LogP contribution is -2.62. The van der Waals surface area contributed by atoms with Crippen molar-refractivity contribution in [2.75, 3.05) is 32.1 Å². The van der Waals surface area contributed by atoms with Gasteiger partial charge in [-0.05, 0) is 81.9 Å². The fourth-order valence-electron chi connectivity index (χ4n) is 8.30. The topological polar surface area (TPSA) is 529 Å². The van der Waals surface area contributed by atoms with Gasteiger partial charge in [-0.25, -0.2) is 4.79 Å². The number of fused-ring (bicyclic) bond motifs is 1. The number of hydrogen-bond acceptors (Lipinski definition) is 18.